The minimum Gasteiger partial charge on any atom is -0.497 e. The van der Waals surface area contributed by atoms with Crippen molar-refractivity contribution >= 4 is 29.3 Å². The molecule has 2 aromatic heterocycles. The summed E-state index contributed by atoms with van der Waals surface area (Å²) in [6, 6.07) is 10.9. The minimum absolute atomic E-state index is 0.115. The molecule has 10 heteroatoms. The van der Waals surface area contributed by atoms with Crippen molar-refractivity contribution < 1.29 is 19.1 Å². The molecule has 1 fully saturated rings. The van der Waals surface area contributed by atoms with Crippen LogP contribution in [0.4, 0.5) is 5.69 Å². The number of aromatic nitrogens is 3. The first-order valence-electron chi connectivity index (χ1n) is 12.5. The first-order valence-corrected chi connectivity index (χ1v) is 13.5. The molecule has 0 saturated heterocycles. The van der Waals surface area contributed by atoms with Gasteiger partial charge in [0.15, 0.2) is 5.16 Å². The van der Waals surface area contributed by atoms with E-state index in [1.54, 1.807) is 49.7 Å². The summed E-state index contributed by atoms with van der Waals surface area (Å²) in [5, 5.41) is 3.59. The smallest absolute Gasteiger partial charge is 0.250 e. The van der Waals surface area contributed by atoms with Crippen LogP contribution in [-0.2, 0) is 16.1 Å². The summed E-state index contributed by atoms with van der Waals surface area (Å²) < 4.78 is 10.8. The number of nitrogens with zero attached hydrogens (tertiary/aromatic N) is 4. The average Bonchev–Trinajstić information content (AvgIpc) is 3.42. The number of anilines is 1. The Morgan fingerprint density at radius 1 is 1.05 bits per heavy atom. The Labute approximate surface area is 227 Å². The van der Waals surface area contributed by atoms with E-state index in [1.807, 2.05) is 32.0 Å². The van der Waals surface area contributed by atoms with Crippen LogP contribution in [-0.4, -0.2) is 57.2 Å². The van der Waals surface area contributed by atoms with Gasteiger partial charge < -0.3 is 19.7 Å². The van der Waals surface area contributed by atoms with Crippen molar-refractivity contribution in [1.82, 2.24) is 19.9 Å². The number of methoxy groups -OCH3 is 2. The number of carbonyl (C=O) groups excluding carboxylic acids is 2. The van der Waals surface area contributed by atoms with Gasteiger partial charge in [-0.1, -0.05) is 30.7 Å². The van der Waals surface area contributed by atoms with E-state index >= 15 is 0 Å². The molecule has 0 aliphatic heterocycles. The molecule has 38 heavy (non-hydrogen) atoms. The van der Waals surface area contributed by atoms with Crippen molar-refractivity contribution in [3.63, 3.8) is 0 Å². The molecular weight excluding hydrogens is 502 g/mol. The van der Waals surface area contributed by atoms with Crippen molar-refractivity contribution in [1.29, 1.82) is 0 Å². The average molecular weight is 536 g/mol. The molecule has 4 rings (SSSR count). The third-order valence-corrected chi connectivity index (χ3v) is 7.51. The van der Waals surface area contributed by atoms with E-state index in [-0.39, 0.29) is 24.1 Å². The predicted octanol–water partition coefficient (Wildman–Crippen LogP) is 4.58. The molecule has 0 bridgehead atoms. The van der Waals surface area contributed by atoms with Gasteiger partial charge in [-0.15, -0.1) is 0 Å². The van der Waals surface area contributed by atoms with Crippen molar-refractivity contribution in [2.75, 3.05) is 25.3 Å². The van der Waals surface area contributed by atoms with E-state index in [0.29, 0.717) is 35.2 Å². The van der Waals surface area contributed by atoms with Crippen LogP contribution in [0.2, 0.25) is 0 Å². The molecule has 1 aliphatic rings. The Morgan fingerprint density at radius 3 is 2.42 bits per heavy atom. The van der Waals surface area contributed by atoms with Crippen LogP contribution in [0.5, 0.6) is 11.5 Å². The maximum atomic E-state index is 14.0. The molecule has 0 atom stereocenters. The largest absolute Gasteiger partial charge is 0.497 e. The summed E-state index contributed by atoms with van der Waals surface area (Å²) in [7, 11) is 3.11. The van der Waals surface area contributed by atoms with E-state index in [4.69, 9.17) is 9.47 Å². The van der Waals surface area contributed by atoms with E-state index < -0.39 is 5.54 Å². The summed E-state index contributed by atoms with van der Waals surface area (Å²) >= 11 is 1.28. The van der Waals surface area contributed by atoms with Gasteiger partial charge in [0.1, 0.15) is 17.0 Å². The van der Waals surface area contributed by atoms with Gasteiger partial charge in [-0.2, -0.15) is 0 Å². The number of benzene rings is 1. The lowest BCUT2D eigenvalue weighted by molar-refractivity contribution is -0.144. The zero-order chi connectivity index (χ0) is 27.1. The van der Waals surface area contributed by atoms with Crippen LogP contribution in [0.1, 0.15) is 42.6 Å². The Balaban J connectivity index is 1.64. The van der Waals surface area contributed by atoms with E-state index in [2.05, 4.69) is 20.3 Å². The quantitative estimate of drug-likeness (QED) is 0.297. The van der Waals surface area contributed by atoms with Crippen LogP contribution in [0, 0.1) is 13.8 Å². The van der Waals surface area contributed by atoms with Gasteiger partial charge in [0.25, 0.3) is 0 Å². The Bertz CT molecular complexity index is 1260. The lowest BCUT2D eigenvalue weighted by Crippen LogP contribution is -2.57. The highest BCUT2D eigenvalue weighted by molar-refractivity contribution is 7.99. The van der Waals surface area contributed by atoms with Crippen LogP contribution in [0.15, 0.2) is 53.9 Å². The highest BCUT2D eigenvalue weighted by Crippen LogP contribution is 2.39. The second-order valence-corrected chi connectivity index (χ2v) is 10.3. The highest BCUT2D eigenvalue weighted by Gasteiger charge is 2.48. The monoisotopic (exact) mass is 535 g/mol. The first kappa shape index (κ1) is 27.4. The topological polar surface area (TPSA) is 107 Å². The molecule has 2 amide bonds. The number of amides is 2. The molecule has 0 radical (unpaired) electrons. The Kier molecular flexibility index (Phi) is 8.83. The second kappa shape index (κ2) is 12.3. The third kappa shape index (κ3) is 6.24. The summed E-state index contributed by atoms with van der Waals surface area (Å²) in [6.07, 6.45) is 6.24. The number of hydrogen-bond acceptors (Lipinski definition) is 8. The number of nitrogens with one attached hydrogen (secondary N) is 1. The first-order chi connectivity index (χ1) is 18.3. The molecular formula is C28H33N5O4S. The highest BCUT2D eigenvalue weighted by atomic mass is 32.2. The van der Waals surface area contributed by atoms with Crippen LogP contribution < -0.4 is 14.8 Å². The standard InChI is InChI=1S/C28H33N5O4S/c1-19-14-20(2)31-27(30-19)38-18-25(34)33(17-21-8-7-13-29-16-21)28(11-5-6-12-28)26(35)32-23-10-9-22(36-3)15-24(23)37-4/h7-10,13-16H,5-6,11-12,17-18H2,1-4H3,(H,32,35). The molecule has 1 N–H and O–H groups in total. The van der Waals surface area contributed by atoms with Gasteiger partial charge in [-0.25, -0.2) is 9.97 Å². The van der Waals surface area contributed by atoms with E-state index in [0.717, 1.165) is 29.8 Å². The van der Waals surface area contributed by atoms with Gasteiger partial charge in [0, 0.05) is 36.4 Å². The number of rotatable bonds is 10. The fraction of sp³-hybridized carbons (Fsp3) is 0.393. The molecule has 1 aromatic carbocycles. The SMILES string of the molecule is COc1ccc(NC(=O)C2(N(Cc3cccnc3)C(=O)CSc3nc(C)cc(C)n3)CCCC2)c(OC)c1. The van der Waals surface area contributed by atoms with Gasteiger partial charge in [0.2, 0.25) is 11.8 Å². The van der Waals surface area contributed by atoms with Crippen LogP contribution in [0.25, 0.3) is 0 Å². The minimum atomic E-state index is -1.01. The number of thioether (sulfide) groups is 1. The van der Waals surface area contributed by atoms with Crippen LogP contribution in [0.3, 0.4) is 0 Å². The number of hydrogen-bond donors (Lipinski definition) is 1. The molecule has 0 unspecified atom stereocenters. The molecule has 1 aliphatic carbocycles. The zero-order valence-corrected chi connectivity index (χ0v) is 23.0. The van der Waals surface area contributed by atoms with Crippen molar-refractivity contribution in [3.05, 3.63) is 65.7 Å². The lowest BCUT2D eigenvalue weighted by Gasteiger charge is -2.40. The summed E-state index contributed by atoms with van der Waals surface area (Å²) in [6.45, 7) is 4.08. The molecule has 0 spiro atoms. The van der Waals surface area contributed by atoms with Crippen molar-refractivity contribution in [3.8, 4) is 11.5 Å². The molecule has 2 heterocycles. The van der Waals surface area contributed by atoms with Crippen molar-refractivity contribution in [2.24, 2.45) is 0 Å². The molecule has 200 valence electrons. The third-order valence-electron chi connectivity index (χ3n) is 6.68. The fourth-order valence-corrected chi connectivity index (χ4v) is 5.66. The summed E-state index contributed by atoms with van der Waals surface area (Å²) in [5.41, 5.74) is 2.06. The normalized spacial score (nSPS) is 14.1. The number of carbonyl (C=O) groups is 2. The molecule has 3 aromatic rings. The lowest BCUT2D eigenvalue weighted by atomic mass is 9.92. The Morgan fingerprint density at radius 2 is 1.79 bits per heavy atom. The number of aryl methyl sites for hydroxylation is 2. The zero-order valence-electron chi connectivity index (χ0n) is 22.2. The predicted molar refractivity (Wildman–Crippen MR) is 146 cm³/mol. The second-order valence-electron chi connectivity index (χ2n) is 9.32. The summed E-state index contributed by atoms with van der Waals surface area (Å²) in [5.74, 6) is 0.834. The summed E-state index contributed by atoms with van der Waals surface area (Å²) in [4.78, 5) is 42.7. The van der Waals surface area contributed by atoms with E-state index in [9.17, 15) is 9.59 Å². The van der Waals surface area contributed by atoms with Gasteiger partial charge >= 0.3 is 0 Å². The maximum absolute atomic E-state index is 14.0. The number of pyridine rings is 1. The fourth-order valence-electron chi connectivity index (χ4n) is 4.83. The van der Waals surface area contributed by atoms with Crippen LogP contribution >= 0.6 is 11.8 Å². The molecule has 1 saturated carbocycles. The molecule has 9 nitrogen and oxygen atoms in total. The van der Waals surface area contributed by atoms with Gasteiger partial charge in [-0.05, 0) is 56.5 Å². The van der Waals surface area contributed by atoms with Gasteiger partial charge in [-0.3, -0.25) is 14.6 Å². The van der Waals surface area contributed by atoms with E-state index in [1.165, 1.54) is 11.8 Å². The Hall–Kier alpha value is -3.66. The van der Waals surface area contributed by atoms with Crippen molar-refractivity contribution in [2.45, 2.75) is 56.8 Å². The van der Waals surface area contributed by atoms with Gasteiger partial charge in [0.05, 0.1) is 25.7 Å². The number of ether oxygens (including phenoxy) is 2. The maximum Gasteiger partial charge on any atom is 0.250 e.